The number of fused-ring (bicyclic) bond motifs is 2. The van der Waals surface area contributed by atoms with Crippen molar-refractivity contribution in [3.63, 3.8) is 0 Å². The van der Waals surface area contributed by atoms with Crippen molar-refractivity contribution < 1.29 is 18.7 Å². The van der Waals surface area contributed by atoms with E-state index >= 15 is 0 Å². The van der Waals surface area contributed by atoms with Crippen LogP contribution in [0.1, 0.15) is 29.7 Å². The predicted octanol–water partition coefficient (Wildman–Crippen LogP) is 5.23. The molecule has 0 spiro atoms. The molecule has 34 heavy (non-hydrogen) atoms. The third-order valence-electron chi connectivity index (χ3n) is 6.25. The van der Waals surface area contributed by atoms with Crippen molar-refractivity contribution in [3.8, 4) is 16.9 Å². The molecule has 0 bridgehead atoms. The van der Waals surface area contributed by atoms with Crippen molar-refractivity contribution in [1.82, 2.24) is 0 Å². The lowest BCUT2D eigenvalue weighted by molar-refractivity contribution is -0.142. The Bertz CT molecular complexity index is 1340. The molecule has 0 amide bonds. The number of hydrogen-bond donors (Lipinski definition) is 1. The summed E-state index contributed by atoms with van der Waals surface area (Å²) in [5, 5.41) is 1.02. The second-order valence-electron chi connectivity index (χ2n) is 8.55. The van der Waals surface area contributed by atoms with Gasteiger partial charge < -0.3 is 24.5 Å². The summed E-state index contributed by atoms with van der Waals surface area (Å²) in [6.45, 7) is 3.33. The third-order valence-corrected chi connectivity index (χ3v) is 6.25. The number of anilines is 1. The van der Waals surface area contributed by atoms with Crippen LogP contribution < -0.4 is 15.4 Å². The Morgan fingerprint density at radius 2 is 2.00 bits per heavy atom. The third kappa shape index (κ3) is 4.13. The van der Waals surface area contributed by atoms with Crippen LogP contribution in [0.15, 0.2) is 71.3 Å². The molecule has 2 heterocycles. The van der Waals surface area contributed by atoms with Gasteiger partial charge in [0, 0.05) is 30.1 Å². The zero-order valence-electron chi connectivity index (χ0n) is 19.4. The molecular formula is C28H28N2O4. The Morgan fingerprint density at radius 3 is 2.82 bits per heavy atom. The highest BCUT2D eigenvalue weighted by Gasteiger charge is 2.28. The number of nitrogens with zero attached hydrogens (tertiary/aromatic N) is 1. The summed E-state index contributed by atoms with van der Waals surface area (Å²) in [4.78, 5) is 14.4. The second-order valence-corrected chi connectivity index (χ2v) is 8.55. The fraction of sp³-hybridized carbons (Fsp3) is 0.250. The van der Waals surface area contributed by atoms with Crippen LogP contribution in [0.25, 0.3) is 22.1 Å². The number of ether oxygens (including phenoxy) is 2. The van der Waals surface area contributed by atoms with E-state index in [9.17, 15) is 4.79 Å². The van der Waals surface area contributed by atoms with Gasteiger partial charge in [0.1, 0.15) is 17.4 Å². The van der Waals surface area contributed by atoms with E-state index in [2.05, 4.69) is 29.2 Å². The van der Waals surface area contributed by atoms with Crippen molar-refractivity contribution in [2.24, 2.45) is 5.73 Å². The Labute approximate surface area is 198 Å². The van der Waals surface area contributed by atoms with Gasteiger partial charge in [-0.2, -0.15) is 0 Å². The Hall–Kier alpha value is -3.77. The first-order valence-electron chi connectivity index (χ1n) is 11.5. The summed E-state index contributed by atoms with van der Waals surface area (Å²) >= 11 is 0. The number of carbonyl (C=O) groups excluding carboxylic acids is 1. The van der Waals surface area contributed by atoms with Crippen LogP contribution in [-0.4, -0.2) is 26.2 Å². The van der Waals surface area contributed by atoms with Crippen LogP contribution in [0.2, 0.25) is 0 Å². The minimum absolute atomic E-state index is 0.176. The molecule has 5 rings (SSSR count). The Balaban J connectivity index is 1.55. The van der Waals surface area contributed by atoms with Crippen molar-refractivity contribution in [2.45, 2.75) is 26.0 Å². The van der Waals surface area contributed by atoms with Crippen LogP contribution in [0.3, 0.4) is 0 Å². The first kappa shape index (κ1) is 22.0. The fourth-order valence-electron chi connectivity index (χ4n) is 4.59. The maximum absolute atomic E-state index is 12.2. The van der Waals surface area contributed by atoms with Crippen LogP contribution in [0.4, 0.5) is 5.69 Å². The van der Waals surface area contributed by atoms with Gasteiger partial charge in [-0.25, -0.2) is 0 Å². The highest BCUT2D eigenvalue weighted by Crippen LogP contribution is 2.42. The molecule has 0 saturated heterocycles. The monoisotopic (exact) mass is 456 g/mol. The number of likely N-dealkylation sites (N-methyl/N-ethyl adjacent to an activating group) is 1. The van der Waals surface area contributed by atoms with Gasteiger partial charge in [-0.05, 0) is 53.9 Å². The smallest absolute Gasteiger partial charge is 0.310 e. The van der Waals surface area contributed by atoms with Crippen molar-refractivity contribution >= 4 is 22.6 Å². The van der Waals surface area contributed by atoms with Crippen molar-refractivity contribution in [1.29, 1.82) is 0 Å². The predicted molar refractivity (Wildman–Crippen MR) is 133 cm³/mol. The second kappa shape index (κ2) is 9.23. The molecule has 0 radical (unpaired) electrons. The molecule has 0 fully saturated rings. The number of furan rings is 1. The molecule has 1 aromatic heterocycles. The highest BCUT2D eigenvalue weighted by atomic mass is 16.5. The van der Waals surface area contributed by atoms with Crippen LogP contribution in [0, 0.1) is 0 Å². The molecule has 1 aliphatic rings. The zero-order valence-corrected chi connectivity index (χ0v) is 19.4. The van der Waals surface area contributed by atoms with Gasteiger partial charge >= 0.3 is 5.97 Å². The molecule has 0 saturated carbocycles. The first-order chi connectivity index (χ1) is 16.6. The molecule has 174 valence electrons. The number of nitrogens with two attached hydrogens (primary N) is 1. The van der Waals surface area contributed by atoms with E-state index < -0.39 is 0 Å². The number of para-hydroxylation sites is 1. The number of hydrogen-bond acceptors (Lipinski definition) is 6. The van der Waals surface area contributed by atoms with E-state index in [-0.39, 0.29) is 18.5 Å². The normalized spacial score (nSPS) is 15.1. The van der Waals surface area contributed by atoms with Gasteiger partial charge in [0.2, 0.25) is 0 Å². The Kier molecular flexibility index (Phi) is 5.99. The number of benzene rings is 3. The average molecular weight is 457 g/mol. The number of rotatable bonds is 6. The average Bonchev–Trinajstić information content (AvgIpc) is 3.33. The molecule has 0 aliphatic carbocycles. The van der Waals surface area contributed by atoms with Gasteiger partial charge in [0.05, 0.1) is 31.5 Å². The van der Waals surface area contributed by atoms with Crippen molar-refractivity contribution in [2.75, 3.05) is 25.1 Å². The SMILES string of the molecule is CCOC(=O)Cc1cccc2c1OC(c1cc(-c3cccc(CN)c3)c3occc3c1)CN2C. The van der Waals surface area contributed by atoms with Gasteiger partial charge in [-0.15, -0.1) is 0 Å². The van der Waals surface area contributed by atoms with E-state index in [4.69, 9.17) is 19.6 Å². The lowest BCUT2D eigenvalue weighted by atomic mass is 9.96. The van der Waals surface area contributed by atoms with Crippen molar-refractivity contribution in [3.05, 3.63) is 83.6 Å². The number of carbonyl (C=O) groups is 1. The highest BCUT2D eigenvalue weighted by molar-refractivity contribution is 5.93. The largest absolute Gasteiger partial charge is 0.481 e. The van der Waals surface area contributed by atoms with E-state index in [0.29, 0.717) is 19.7 Å². The summed E-state index contributed by atoms with van der Waals surface area (Å²) in [7, 11) is 2.05. The summed E-state index contributed by atoms with van der Waals surface area (Å²) in [5.41, 5.74) is 12.7. The van der Waals surface area contributed by atoms with Crippen LogP contribution >= 0.6 is 0 Å². The first-order valence-corrected chi connectivity index (χ1v) is 11.5. The lowest BCUT2D eigenvalue weighted by Crippen LogP contribution is -2.32. The Morgan fingerprint density at radius 1 is 1.15 bits per heavy atom. The molecule has 1 aliphatic heterocycles. The molecule has 2 N–H and O–H groups in total. The minimum atomic E-state index is -0.258. The zero-order chi connectivity index (χ0) is 23.7. The summed E-state index contributed by atoms with van der Waals surface area (Å²) in [5.74, 6) is 0.472. The molecule has 3 aromatic carbocycles. The molecule has 4 aromatic rings. The van der Waals surface area contributed by atoms with E-state index in [0.717, 1.165) is 50.2 Å². The maximum Gasteiger partial charge on any atom is 0.310 e. The summed E-state index contributed by atoms with van der Waals surface area (Å²) in [6, 6.07) is 20.3. The number of esters is 1. The maximum atomic E-state index is 12.2. The van der Waals surface area contributed by atoms with E-state index in [1.165, 1.54) is 0 Å². The van der Waals surface area contributed by atoms with E-state index in [1.54, 1.807) is 6.26 Å². The standard InChI is InChI=1S/C28H28N2O4/c1-3-32-26(31)15-20-8-5-9-24-28(20)34-25(17-30(24)2)22-13-21-10-11-33-27(21)23(14-22)19-7-4-6-18(12-19)16-29/h4-14,25H,3,15-17,29H2,1-2H3. The molecule has 1 atom stereocenters. The fourth-order valence-corrected chi connectivity index (χ4v) is 4.59. The van der Waals surface area contributed by atoms with Gasteiger partial charge in [0.15, 0.2) is 0 Å². The topological polar surface area (TPSA) is 77.9 Å². The molecule has 6 heteroatoms. The molecule has 6 nitrogen and oxygen atoms in total. The quantitative estimate of drug-likeness (QED) is 0.400. The summed E-state index contributed by atoms with van der Waals surface area (Å²) < 4.78 is 17.6. The molecule has 1 unspecified atom stereocenters. The van der Waals surface area contributed by atoms with E-state index in [1.807, 2.05) is 50.4 Å². The van der Waals surface area contributed by atoms with Gasteiger partial charge in [-0.3, -0.25) is 4.79 Å². The molecular weight excluding hydrogens is 428 g/mol. The lowest BCUT2D eigenvalue weighted by Gasteiger charge is -2.35. The van der Waals surface area contributed by atoms with Crippen LogP contribution in [-0.2, 0) is 22.5 Å². The van der Waals surface area contributed by atoms with Gasteiger partial charge in [-0.1, -0.05) is 30.3 Å². The van der Waals surface area contributed by atoms with Crippen LogP contribution in [0.5, 0.6) is 5.75 Å². The summed E-state index contributed by atoms with van der Waals surface area (Å²) in [6.07, 6.45) is 1.68. The van der Waals surface area contributed by atoms with Gasteiger partial charge in [0.25, 0.3) is 0 Å². The minimum Gasteiger partial charge on any atom is -0.481 e.